The maximum Gasteiger partial charge on any atom is 0.319 e. The quantitative estimate of drug-likeness (QED) is 0.310. The second-order valence-corrected chi connectivity index (χ2v) is 6.07. The molecule has 0 saturated heterocycles. The monoisotopic (exact) mass is 365 g/mol. The summed E-state index contributed by atoms with van der Waals surface area (Å²) in [6, 6.07) is 8.17. The molecule has 0 heterocycles. The van der Waals surface area contributed by atoms with Crippen molar-refractivity contribution in [3.63, 3.8) is 0 Å². The van der Waals surface area contributed by atoms with E-state index in [-0.39, 0.29) is 25.4 Å². The molecule has 1 aromatic carbocycles. The van der Waals surface area contributed by atoms with Crippen LogP contribution in [0.2, 0.25) is 0 Å². The van der Waals surface area contributed by atoms with Gasteiger partial charge in [-0.3, -0.25) is 19.8 Å². The Kier molecular flexibility index (Phi) is 9.27. The van der Waals surface area contributed by atoms with Crippen LogP contribution in [0.25, 0.3) is 0 Å². The molecule has 0 aliphatic rings. The highest BCUT2D eigenvalue weighted by Gasteiger charge is 2.21. The molecule has 9 nitrogen and oxygen atoms in total. The third kappa shape index (κ3) is 8.56. The predicted molar refractivity (Wildman–Crippen MR) is 96.7 cm³/mol. The number of aliphatic carboxylic acids is 1. The van der Waals surface area contributed by atoms with E-state index in [1.165, 1.54) is 7.05 Å². The lowest BCUT2D eigenvalue weighted by Gasteiger charge is -2.22. The number of carbonyl (C=O) groups is 3. The van der Waals surface area contributed by atoms with Gasteiger partial charge in [-0.05, 0) is 24.9 Å². The Morgan fingerprint density at radius 1 is 1.23 bits per heavy atom. The zero-order valence-corrected chi connectivity index (χ0v) is 14.9. The van der Waals surface area contributed by atoms with Crippen molar-refractivity contribution < 1.29 is 19.5 Å². The van der Waals surface area contributed by atoms with E-state index < -0.39 is 24.0 Å². The fraction of sp³-hybridized carbons (Fsp3) is 0.471. The number of benzene rings is 1. The zero-order valence-electron chi connectivity index (χ0n) is 14.9. The summed E-state index contributed by atoms with van der Waals surface area (Å²) in [5.74, 6) is -1.84. The first-order valence-electron chi connectivity index (χ1n) is 8.34. The maximum absolute atomic E-state index is 12.3. The molecule has 0 unspecified atom stereocenters. The highest BCUT2D eigenvalue weighted by atomic mass is 16.4. The summed E-state index contributed by atoms with van der Waals surface area (Å²) in [5, 5.41) is 12.6. The number of nitrogens with zero attached hydrogens (tertiary/aromatic N) is 1. The van der Waals surface area contributed by atoms with Crippen molar-refractivity contribution in [2.45, 2.75) is 31.3 Å². The van der Waals surface area contributed by atoms with Crippen LogP contribution in [0.15, 0.2) is 30.3 Å². The molecule has 0 aliphatic heterocycles. The van der Waals surface area contributed by atoms with E-state index >= 15 is 0 Å². The molecule has 0 spiro atoms. The van der Waals surface area contributed by atoms with Gasteiger partial charge in [0.05, 0.1) is 6.04 Å². The van der Waals surface area contributed by atoms with E-state index in [9.17, 15) is 14.4 Å². The third-order valence-corrected chi connectivity index (χ3v) is 3.62. The number of carbonyl (C=O) groups excluding carboxylic acids is 2. The van der Waals surface area contributed by atoms with Crippen molar-refractivity contribution in [1.82, 2.24) is 15.8 Å². The second kappa shape index (κ2) is 11.2. The number of hydrogen-bond donors (Lipinski definition) is 5. The van der Waals surface area contributed by atoms with Crippen molar-refractivity contribution in [3.8, 4) is 0 Å². The van der Waals surface area contributed by atoms with Gasteiger partial charge in [0, 0.05) is 19.5 Å². The Bertz CT molecular complexity index is 596. The van der Waals surface area contributed by atoms with Crippen LogP contribution in [-0.2, 0) is 20.8 Å². The van der Waals surface area contributed by atoms with Crippen LogP contribution in [0.5, 0.6) is 0 Å². The maximum atomic E-state index is 12.3. The number of carboxylic acid groups (broad SMARTS) is 1. The number of rotatable bonds is 11. The molecule has 0 bridgehead atoms. The fourth-order valence-electron chi connectivity index (χ4n) is 2.42. The lowest BCUT2D eigenvalue weighted by atomic mass is 10.0. The second-order valence-electron chi connectivity index (χ2n) is 6.07. The molecule has 144 valence electrons. The number of likely N-dealkylation sites (N-methyl/N-ethyl adjacent to an activating group) is 1. The van der Waals surface area contributed by atoms with Crippen LogP contribution in [0.1, 0.15) is 18.4 Å². The molecule has 7 N–H and O–H groups in total. The minimum atomic E-state index is -1.06. The summed E-state index contributed by atoms with van der Waals surface area (Å²) >= 11 is 0. The van der Waals surface area contributed by atoms with Crippen molar-refractivity contribution in [2.75, 3.05) is 20.1 Å². The molecule has 1 aromatic rings. The van der Waals surface area contributed by atoms with Gasteiger partial charge in [0.25, 0.3) is 0 Å². The van der Waals surface area contributed by atoms with Gasteiger partial charge in [-0.1, -0.05) is 30.3 Å². The van der Waals surface area contributed by atoms with Gasteiger partial charge < -0.3 is 21.9 Å². The predicted octanol–water partition coefficient (Wildman–Crippen LogP) is -1.17. The van der Waals surface area contributed by atoms with E-state index in [0.29, 0.717) is 12.8 Å². The van der Waals surface area contributed by atoms with E-state index in [1.54, 1.807) is 0 Å². The molecule has 0 saturated carbocycles. The lowest BCUT2D eigenvalue weighted by molar-refractivity contribution is -0.139. The van der Waals surface area contributed by atoms with Crippen LogP contribution in [-0.4, -0.2) is 60.1 Å². The first-order valence-corrected chi connectivity index (χ1v) is 8.34. The standard InChI is InChI=1S/C17H27N5O4/c1-22(11-16(24)25)21-15(23)10-13(7-8-18)20-17(26)14(19)9-12-5-3-2-4-6-12/h2-6,13-14H,7-11,18-19H2,1H3,(H,20,26)(H,21,23)(H,24,25)/t13-,14-/m0/s1. The molecule has 2 atom stereocenters. The number of hydrogen-bond acceptors (Lipinski definition) is 6. The molecule has 0 radical (unpaired) electrons. The van der Waals surface area contributed by atoms with Crippen molar-refractivity contribution in [3.05, 3.63) is 35.9 Å². The smallest absolute Gasteiger partial charge is 0.319 e. The molecule has 2 amide bonds. The van der Waals surface area contributed by atoms with Crippen LogP contribution < -0.4 is 22.2 Å². The van der Waals surface area contributed by atoms with Crippen molar-refractivity contribution in [1.29, 1.82) is 0 Å². The zero-order chi connectivity index (χ0) is 19.5. The highest BCUT2D eigenvalue weighted by molar-refractivity contribution is 5.83. The van der Waals surface area contributed by atoms with E-state index in [2.05, 4.69) is 10.7 Å². The van der Waals surface area contributed by atoms with Gasteiger partial charge >= 0.3 is 5.97 Å². The first-order chi connectivity index (χ1) is 12.3. The molecular weight excluding hydrogens is 338 g/mol. The Hall–Kier alpha value is -2.49. The van der Waals surface area contributed by atoms with Crippen molar-refractivity contribution >= 4 is 17.8 Å². The summed E-state index contributed by atoms with van der Waals surface area (Å²) in [7, 11) is 1.44. The molecule has 9 heteroatoms. The summed E-state index contributed by atoms with van der Waals surface area (Å²) in [5.41, 5.74) is 14.9. The minimum absolute atomic E-state index is 0.0229. The topological polar surface area (TPSA) is 151 Å². The summed E-state index contributed by atoms with van der Waals surface area (Å²) < 4.78 is 0. The Balaban J connectivity index is 2.53. The Labute approximate surface area is 152 Å². The van der Waals surface area contributed by atoms with Gasteiger partial charge in [-0.15, -0.1) is 0 Å². The Morgan fingerprint density at radius 2 is 1.88 bits per heavy atom. The minimum Gasteiger partial charge on any atom is -0.480 e. The number of amides is 2. The molecular formula is C17H27N5O4. The molecule has 0 aromatic heterocycles. The van der Waals surface area contributed by atoms with E-state index in [1.807, 2.05) is 30.3 Å². The summed E-state index contributed by atoms with van der Waals surface area (Å²) in [4.78, 5) is 34.9. The van der Waals surface area contributed by atoms with E-state index in [4.69, 9.17) is 16.6 Å². The number of hydrazine groups is 1. The van der Waals surface area contributed by atoms with Gasteiger partial charge in [0.1, 0.15) is 6.54 Å². The number of nitrogens with two attached hydrogens (primary N) is 2. The van der Waals surface area contributed by atoms with Crippen LogP contribution >= 0.6 is 0 Å². The average molecular weight is 365 g/mol. The van der Waals surface area contributed by atoms with Gasteiger partial charge in [-0.25, -0.2) is 5.01 Å². The third-order valence-electron chi connectivity index (χ3n) is 3.62. The van der Waals surface area contributed by atoms with Crippen LogP contribution in [0, 0.1) is 0 Å². The summed E-state index contributed by atoms with van der Waals surface area (Å²) in [6.07, 6.45) is 0.764. The molecule has 0 aliphatic carbocycles. The largest absolute Gasteiger partial charge is 0.480 e. The van der Waals surface area contributed by atoms with Gasteiger partial charge in [-0.2, -0.15) is 0 Å². The van der Waals surface area contributed by atoms with E-state index in [0.717, 1.165) is 10.6 Å². The first kappa shape index (κ1) is 21.6. The Morgan fingerprint density at radius 3 is 2.46 bits per heavy atom. The van der Waals surface area contributed by atoms with Gasteiger partial charge in [0.15, 0.2) is 0 Å². The highest BCUT2D eigenvalue weighted by Crippen LogP contribution is 2.04. The molecule has 26 heavy (non-hydrogen) atoms. The fourth-order valence-corrected chi connectivity index (χ4v) is 2.42. The molecule has 1 rings (SSSR count). The average Bonchev–Trinajstić information content (AvgIpc) is 2.54. The summed E-state index contributed by atoms with van der Waals surface area (Å²) in [6.45, 7) is -0.0429. The van der Waals surface area contributed by atoms with Crippen molar-refractivity contribution in [2.24, 2.45) is 11.5 Å². The van der Waals surface area contributed by atoms with Crippen LogP contribution in [0.4, 0.5) is 0 Å². The number of carboxylic acids is 1. The SMILES string of the molecule is CN(CC(=O)O)NC(=O)C[C@H](CCN)NC(=O)[C@@H](N)Cc1ccccc1. The van der Waals surface area contributed by atoms with Gasteiger partial charge in [0.2, 0.25) is 11.8 Å². The number of nitrogens with one attached hydrogen (secondary N) is 2. The van der Waals surface area contributed by atoms with Crippen LogP contribution in [0.3, 0.4) is 0 Å². The lowest BCUT2D eigenvalue weighted by Crippen LogP contribution is -2.49. The normalized spacial score (nSPS) is 13.1. The molecule has 0 fully saturated rings.